The van der Waals surface area contributed by atoms with E-state index in [0.717, 1.165) is 12.8 Å². The number of carbonyl (C=O) groups is 1. The van der Waals surface area contributed by atoms with Crippen LogP contribution in [0.15, 0.2) is 0 Å². The van der Waals surface area contributed by atoms with Gasteiger partial charge in [0.2, 0.25) is 5.91 Å². The summed E-state index contributed by atoms with van der Waals surface area (Å²) in [6.45, 7) is 21.4. The maximum atomic E-state index is 13.9. The minimum Gasteiger partial charge on any atom is -0.391 e. The van der Waals surface area contributed by atoms with Crippen molar-refractivity contribution in [3.8, 4) is 0 Å². The second-order valence-corrected chi connectivity index (χ2v) is 13.4. The van der Waals surface area contributed by atoms with Gasteiger partial charge < -0.3 is 10.0 Å². The Labute approximate surface area is 187 Å². The summed E-state index contributed by atoms with van der Waals surface area (Å²) in [6.07, 6.45) is 10.1. The topological polar surface area (TPSA) is 40.5 Å². The monoisotopic (exact) mass is 421 g/mol. The minimum atomic E-state index is -0.367. The predicted octanol–water partition coefficient (Wildman–Crippen LogP) is 6.82. The minimum absolute atomic E-state index is 0.00179. The molecular formula is C27H51NO2. The number of rotatable bonds is 2. The summed E-state index contributed by atoms with van der Waals surface area (Å²) >= 11 is 0. The largest absolute Gasteiger partial charge is 0.391 e. The first-order chi connectivity index (χ1) is 13.6. The summed E-state index contributed by atoms with van der Waals surface area (Å²) in [5, 5.41) is 10.2. The smallest absolute Gasteiger partial charge is 0.227 e. The van der Waals surface area contributed by atoms with E-state index in [1.165, 1.54) is 38.5 Å². The van der Waals surface area contributed by atoms with Crippen LogP contribution in [-0.2, 0) is 4.79 Å². The van der Waals surface area contributed by atoms with Crippen LogP contribution >= 0.6 is 0 Å². The second-order valence-electron chi connectivity index (χ2n) is 13.4. The van der Waals surface area contributed by atoms with Crippen LogP contribution in [0.4, 0.5) is 0 Å². The molecule has 4 unspecified atom stereocenters. The molecule has 1 N–H and O–H groups in total. The highest BCUT2D eigenvalue weighted by Gasteiger charge is 2.49. The Balaban J connectivity index is 2.30. The lowest BCUT2D eigenvalue weighted by atomic mass is 9.57. The Hall–Kier alpha value is -0.570. The van der Waals surface area contributed by atoms with Gasteiger partial charge in [0.25, 0.3) is 0 Å². The van der Waals surface area contributed by atoms with Gasteiger partial charge >= 0.3 is 0 Å². The highest BCUT2D eigenvalue weighted by molar-refractivity contribution is 5.81. The molecule has 3 nitrogen and oxygen atoms in total. The lowest BCUT2D eigenvalue weighted by molar-refractivity contribution is -0.147. The molecule has 3 heteroatoms. The third-order valence-electron chi connectivity index (χ3n) is 8.91. The summed E-state index contributed by atoms with van der Waals surface area (Å²) in [5.41, 5.74) is 0.596. The van der Waals surface area contributed by atoms with Crippen LogP contribution in [0.2, 0.25) is 0 Å². The summed E-state index contributed by atoms with van der Waals surface area (Å²) in [7, 11) is 0. The zero-order chi connectivity index (χ0) is 23.0. The van der Waals surface area contributed by atoms with Crippen LogP contribution in [0.1, 0.15) is 120 Å². The van der Waals surface area contributed by atoms with Crippen molar-refractivity contribution in [2.75, 3.05) is 6.54 Å². The summed E-state index contributed by atoms with van der Waals surface area (Å²) in [4.78, 5) is 15.9. The number of carbonyl (C=O) groups excluding carboxylic acids is 1. The standard InChI is InChI=1S/C27H51NO2/c1-20-18-21(29)19-28(20)23(30)22(24(2,3)4)26(8)14-11-10-12-16-27(9,17-13-15-26)25(5,6)7/h20-22,29H,10-19H2,1-9H3/t20?,21-,22?,26?,27?/m1/s1. The zero-order valence-electron chi connectivity index (χ0n) is 21.6. The molecule has 0 aromatic rings. The van der Waals surface area contributed by atoms with Crippen molar-refractivity contribution in [3.63, 3.8) is 0 Å². The van der Waals surface area contributed by atoms with E-state index < -0.39 is 0 Å². The number of aliphatic hydroxyl groups is 1. The van der Waals surface area contributed by atoms with Crippen LogP contribution < -0.4 is 0 Å². The Bertz CT molecular complexity index is 587. The van der Waals surface area contributed by atoms with E-state index in [9.17, 15) is 9.90 Å². The van der Waals surface area contributed by atoms with Gasteiger partial charge in [0, 0.05) is 18.5 Å². The van der Waals surface area contributed by atoms with Gasteiger partial charge in [-0.05, 0) is 60.7 Å². The average Bonchev–Trinajstić information content (AvgIpc) is 2.90. The highest BCUT2D eigenvalue weighted by atomic mass is 16.3. The van der Waals surface area contributed by atoms with E-state index in [1.807, 2.05) is 4.90 Å². The third kappa shape index (κ3) is 5.61. The average molecular weight is 422 g/mol. The van der Waals surface area contributed by atoms with Gasteiger partial charge in [-0.3, -0.25) is 4.79 Å². The third-order valence-corrected chi connectivity index (χ3v) is 8.91. The molecule has 2 aliphatic rings. The maximum Gasteiger partial charge on any atom is 0.227 e. The molecule has 1 aliphatic carbocycles. The van der Waals surface area contributed by atoms with E-state index >= 15 is 0 Å². The number of amides is 1. The molecule has 5 atom stereocenters. The number of β-amino-alcohol motifs (C(OH)–C–C–N with tert-alkyl or cyclic N) is 1. The van der Waals surface area contributed by atoms with Crippen LogP contribution in [0.25, 0.3) is 0 Å². The first kappa shape index (κ1) is 25.7. The van der Waals surface area contributed by atoms with Crippen molar-refractivity contribution in [3.05, 3.63) is 0 Å². The Kier molecular flexibility index (Phi) is 7.81. The number of nitrogens with zero attached hydrogens (tertiary/aromatic N) is 1. The quantitative estimate of drug-likeness (QED) is 0.531. The number of aliphatic hydroxyl groups excluding tert-OH is 1. The van der Waals surface area contributed by atoms with Gasteiger partial charge in [0.05, 0.1) is 6.10 Å². The van der Waals surface area contributed by atoms with E-state index in [0.29, 0.717) is 23.8 Å². The Morgan fingerprint density at radius 2 is 1.47 bits per heavy atom. The van der Waals surface area contributed by atoms with Crippen molar-refractivity contribution >= 4 is 5.91 Å². The Morgan fingerprint density at radius 1 is 0.933 bits per heavy atom. The number of likely N-dealkylation sites (tertiary alicyclic amines) is 1. The van der Waals surface area contributed by atoms with Crippen molar-refractivity contribution < 1.29 is 9.90 Å². The first-order valence-corrected chi connectivity index (χ1v) is 12.6. The van der Waals surface area contributed by atoms with Crippen molar-refractivity contribution in [1.29, 1.82) is 0 Å². The van der Waals surface area contributed by atoms with Crippen LogP contribution in [0.5, 0.6) is 0 Å². The lowest BCUT2D eigenvalue weighted by Crippen LogP contribution is -2.50. The molecule has 0 bridgehead atoms. The van der Waals surface area contributed by atoms with Crippen LogP contribution in [0.3, 0.4) is 0 Å². The fourth-order valence-electron chi connectivity index (χ4n) is 6.58. The highest BCUT2D eigenvalue weighted by Crippen LogP contribution is 2.52. The number of hydrogen-bond acceptors (Lipinski definition) is 2. The zero-order valence-corrected chi connectivity index (χ0v) is 21.6. The molecule has 0 radical (unpaired) electrons. The molecule has 1 heterocycles. The maximum absolute atomic E-state index is 13.9. The molecule has 1 aliphatic heterocycles. The summed E-state index contributed by atoms with van der Waals surface area (Å²) < 4.78 is 0. The van der Waals surface area contributed by atoms with Gasteiger partial charge in [-0.2, -0.15) is 0 Å². The van der Waals surface area contributed by atoms with Crippen molar-refractivity contribution in [2.45, 2.75) is 132 Å². The van der Waals surface area contributed by atoms with Gasteiger partial charge in [0.15, 0.2) is 0 Å². The summed E-state index contributed by atoms with van der Waals surface area (Å²) in [6, 6.07) is 0.143. The van der Waals surface area contributed by atoms with Gasteiger partial charge in [-0.1, -0.05) is 81.1 Å². The Morgan fingerprint density at radius 3 is 1.97 bits per heavy atom. The molecule has 0 aromatic carbocycles. The normalized spacial score (nSPS) is 35.9. The van der Waals surface area contributed by atoms with Crippen LogP contribution in [0, 0.1) is 27.6 Å². The molecule has 0 spiro atoms. The van der Waals surface area contributed by atoms with Crippen LogP contribution in [-0.4, -0.2) is 34.6 Å². The van der Waals surface area contributed by atoms with Gasteiger partial charge in [0.1, 0.15) is 0 Å². The van der Waals surface area contributed by atoms with Gasteiger partial charge in [-0.25, -0.2) is 0 Å². The predicted molar refractivity (Wildman–Crippen MR) is 127 cm³/mol. The molecule has 1 saturated carbocycles. The molecule has 1 saturated heterocycles. The van der Waals surface area contributed by atoms with E-state index in [-0.39, 0.29) is 34.8 Å². The molecular weight excluding hydrogens is 370 g/mol. The van der Waals surface area contributed by atoms with E-state index in [2.05, 4.69) is 62.3 Å². The second kappa shape index (κ2) is 9.12. The van der Waals surface area contributed by atoms with Gasteiger partial charge in [-0.15, -0.1) is 0 Å². The first-order valence-electron chi connectivity index (χ1n) is 12.6. The van der Waals surface area contributed by atoms with E-state index in [4.69, 9.17) is 0 Å². The van der Waals surface area contributed by atoms with Crippen molar-refractivity contribution in [2.24, 2.45) is 27.6 Å². The molecule has 2 fully saturated rings. The summed E-state index contributed by atoms with van der Waals surface area (Å²) in [5.74, 6) is 0.280. The fraction of sp³-hybridized carbons (Fsp3) is 0.963. The molecule has 176 valence electrons. The molecule has 2 rings (SSSR count). The fourth-order valence-corrected chi connectivity index (χ4v) is 6.58. The SMILES string of the molecule is CC1C[C@@H](O)CN1C(=O)C(C(C)(C)C)C1(C)CCCCCC(C)(C(C)(C)C)CCC1. The number of hydrogen-bond donors (Lipinski definition) is 1. The van der Waals surface area contributed by atoms with Crippen molar-refractivity contribution in [1.82, 2.24) is 4.90 Å². The molecule has 0 aromatic heterocycles. The molecule has 30 heavy (non-hydrogen) atoms. The van der Waals surface area contributed by atoms with E-state index in [1.54, 1.807) is 0 Å². The lowest BCUT2D eigenvalue weighted by Gasteiger charge is -2.48. The molecule has 1 amide bonds.